The molecule has 1 N–H and O–H groups in total. The van der Waals surface area contributed by atoms with Gasteiger partial charge < -0.3 is 19.7 Å². The molecule has 1 aromatic carbocycles. The number of halogens is 3. The van der Waals surface area contributed by atoms with Gasteiger partial charge in [-0.1, -0.05) is 0 Å². The van der Waals surface area contributed by atoms with Gasteiger partial charge in [0, 0.05) is 38.2 Å². The zero-order valence-corrected chi connectivity index (χ0v) is 16.6. The summed E-state index contributed by atoms with van der Waals surface area (Å²) in [6.07, 6.45) is 2.23. The first-order chi connectivity index (χ1) is 11.6. The smallest absolute Gasteiger partial charge is 0.193 e. The predicted octanol–water partition coefficient (Wildman–Crippen LogP) is 2.65. The molecule has 0 bridgehead atoms. The van der Waals surface area contributed by atoms with Crippen LogP contribution in [-0.4, -0.2) is 57.4 Å². The van der Waals surface area contributed by atoms with E-state index in [2.05, 4.69) is 15.2 Å². The normalized spacial score (nSPS) is 23.0. The Hall–Kier alpha value is -1.16. The quantitative estimate of drug-likeness (QED) is 0.320. The molecular formula is C17H24F2IN3O2. The molecule has 0 amide bonds. The van der Waals surface area contributed by atoms with Gasteiger partial charge in [-0.3, -0.25) is 4.99 Å². The Morgan fingerprint density at radius 2 is 2.20 bits per heavy atom. The van der Waals surface area contributed by atoms with E-state index >= 15 is 0 Å². The molecule has 2 aliphatic rings. The van der Waals surface area contributed by atoms with Crippen molar-refractivity contribution in [1.82, 2.24) is 10.2 Å². The minimum absolute atomic E-state index is 0. The summed E-state index contributed by atoms with van der Waals surface area (Å²) in [7, 11) is 1.76. The molecule has 1 atom stereocenters. The Labute approximate surface area is 163 Å². The van der Waals surface area contributed by atoms with Crippen LogP contribution in [0.25, 0.3) is 0 Å². The molecule has 25 heavy (non-hydrogen) atoms. The number of hydrogen-bond donors (Lipinski definition) is 1. The van der Waals surface area contributed by atoms with E-state index in [1.54, 1.807) is 7.05 Å². The maximum absolute atomic E-state index is 13.1. The Morgan fingerprint density at radius 1 is 1.36 bits per heavy atom. The molecule has 0 saturated carbocycles. The summed E-state index contributed by atoms with van der Waals surface area (Å²) >= 11 is 0. The summed E-state index contributed by atoms with van der Waals surface area (Å²) in [6, 6.07) is 3.52. The van der Waals surface area contributed by atoms with Crippen LogP contribution in [0.2, 0.25) is 0 Å². The average molecular weight is 467 g/mol. The third-order valence-electron chi connectivity index (χ3n) is 4.68. The van der Waals surface area contributed by atoms with Crippen molar-refractivity contribution < 1.29 is 18.3 Å². The second kappa shape index (κ2) is 8.98. The number of guanidine groups is 1. The molecule has 5 nitrogen and oxygen atoms in total. The summed E-state index contributed by atoms with van der Waals surface area (Å²) in [6.45, 7) is 4.48. The molecule has 2 saturated heterocycles. The van der Waals surface area contributed by atoms with Crippen LogP contribution in [0.5, 0.6) is 5.75 Å². The van der Waals surface area contributed by atoms with E-state index in [4.69, 9.17) is 9.47 Å². The summed E-state index contributed by atoms with van der Waals surface area (Å²) in [5, 5.41) is 3.26. The summed E-state index contributed by atoms with van der Waals surface area (Å²) in [4.78, 5) is 6.56. The fourth-order valence-electron chi connectivity index (χ4n) is 3.32. The molecule has 0 aliphatic carbocycles. The minimum Gasteiger partial charge on any atom is -0.492 e. The highest BCUT2D eigenvalue weighted by Gasteiger charge is 2.42. The largest absolute Gasteiger partial charge is 0.492 e. The second-order valence-electron chi connectivity index (χ2n) is 6.37. The lowest BCUT2D eigenvalue weighted by Gasteiger charge is -2.24. The van der Waals surface area contributed by atoms with Crippen molar-refractivity contribution in [3.8, 4) is 5.75 Å². The van der Waals surface area contributed by atoms with Gasteiger partial charge in [-0.2, -0.15) is 0 Å². The minimum atomic E-state index is -0.905. The second-order valence-corrected chi connectivity index (χ2v) is 6.37. The first-order valence-corrected chi connectivity index (χ1v) is 8.23. The SMILES string of the molecule is CN=C(NCCOc1ccc(F)c(F)c1)N1CCC2(CCOC2)C1.I. The Balaban J connectivity index is 0.00000225. The molecule has 140 valence electrons. The van der Waals surface area contributed by atoms with Crippen LogP contribution < -0.4 is 10.1 Å². The van der Waals surface area contributed by atoms with E-state index in [0.29, 0.717) is 18.9 Å². The van der Waals surface area contributed by atoms with Crippen LogP contribution in [0.4, 0.5) is 8.78 Å². The van der Waals surface area contributed by atoms with Gasteiger partial charge >= 0.3 is 0 Å². The monoisotopic (exact) mass is 467 g/mol. The summed E-state index contributed by atoms with van der Waals surface area (Å²) in [5.41, 5.74) is 0.278. The van der Waals surface area contributed by atoms with Crippen molar-refractivity contribution >= 4 is 29.9 Å². The van der Waals surface area contributed by atoms with Crippen molar-refractivity contribution in [1.29, 1.82) is 0 Å². The molecule has 2 heterocycles. The van der Waals surface area contributed by atoms with Crippen molar-refractivity contribution in [2.45, 2.75) is 12.8 Å². The highest BCUT2D eigenvalue weighted by atomic mass is 127. The van der Waals surface area contributed by atoms with Crippen LogP contribution in [0.15, 0.2) is 23.2 Å². The van der Waals surface area contributed by atoms with Gasteiger partial charge in [-0.05, 0) is 25.0 Å². The van der Waals surface area contributed by atoms with Gasteiger partial charge in [-0.25, -0.2) is 8.78 Å². The number of ether oxygens (including phenoxy) is 2. The topological polar surface area (TPSA) is 46.1 Å². The maximum Gasteiger partial charge on any atom is 0.193 e. The fourth-order valence-corrected chi connectivity index (χ4v) is 3.32. The average Bonchev–Trinajstić information content (AvgIpc) is 3.21. The third kappa shape index (κ3) is 4.93. The summed E-state index contributed by atoms with van der Waals surface area (Å²) < 4.78 is 37.0. The molecule has 1 aromatic rings. The van der Waals surface area contributed by atoms with Crippen LogP contribution in [0, 0.1) is 17.0 Å². The Morgan fingerprint density at radius 3 is 2.88 bits per heavy atom. The number of nitrogens with zero attached hydrogens (tertiary/aromatic N) is 2. The van der Waals surface area contributed by atoms with E-state index in [-0.39, 0.29) is 29.4 Å². The lowest BCUT2D eigenvalue weighted by Crippen LogP contribution is -2.42. The predicted molar refractivity (Wildman–Crippen MR) is 103 cm³/mol. The Bertz CT molecular complexity index is 610. The third-order valence-corrected chi connectivity index (χ3v) is 4.68. The number of aliphatic imine (C=N–C) groups is 1. The molecule has 3 rings (SSSR count). The lowest BCUT2D eigenvalue weighted by molar-refractivity contribution is 0.156. The molecule has 1 spiro atoms. The zero-order valence-electron chi connectivity index (χ0n) is 14.3. The summed E-state index contributed by atoms with van der Waals surface area (Å²) in [5.74, 6) is -0.626. The molecule has 2 aliphatic heterocycles. The van der Waals surface area contributed by atoms with Crippen LogP contribution in [0.1, 0.15) is 12.8 Å². The molecular weight excluding hydrogens is 443 g/mol. The number of rotatable bonds is 4. The van der Waals surface area contributed by atoms with E-state index in [1.165, 1.54) is 6.07 Å². The van der Waals surface area contributed by atoms with Gasteiger partial charge in [0.05, 0.1) is 13.2 Å². The number of nitrogens with one attached hydrogen (secondary N) is 1. The van der Waals surface area contributed by atoms with Gasteiger partial charge in [0.15, 0.2) is 17.6 Å². The molecule has 2 fully saturated rings. The fraction of sp³-hybridized carbons (Fsp3) is 0.588. The van der Waals surface area contributed by atoms with Gasteiger partial charge in [-0.15, -0.1) is 24.0 Å². The van der Waals surface area contributed by atoms with Crippen molar-refractivity contribution in [2.75, 3.05) is 46.5 Å². The van der Waals surface area contributed by atoms with Crippen molar-refractivity contribution in [2.24, 2.45) is 10.4 Å². The number of benzene rings is 1. The van der Waals surface area contributed by atoms with Gasteiger partial charge in [0.1, 0.15) is 12.4 Å². The Kier molecular flexibility index (Phi) is 7.24. The number of likely N-dealkylation sites (tertiary alicyclic amines) is 1. The van der Waals surface area contributed by atoms with Crippen molar-refractivity contribution in [3.63, 3.8) is 0 Å². The molecule has 0 aromatic heterocycles. The lowest BCUT2D eigenvalue weighted by atomic mass is 9.87. The maximum atomic E-state index is 13.1. The molecule has 1 unspecified atom stereocenters. The van der Waals surface area contributed by atoms with E-state index < -0.39 is 11.6 Å². The number of hydrogen-bond acceptors (Lipinski definition) is 3. The van der Waals surface area contributed by atoms with Crippen LogP contribution in [-0.2, 0) is 4.74 Å². The first-order valence-electron chi connectivity index (χ1n) is 8.23. The van der Waals surface area contributed by atoms with Crippen LogP contribution in [0.3, 0.4) is 0 Å². The highest BCUT2D eigenvalue weighted by Crippen LogP contribution is 2.38. The van der Waals surface area contributed by atoms with E-state index in [9.17, 15) is 8.78 Å². The molecule has 8 heteroatoms. The van der Waals surface area contributed by atoms with Crippen molar-refractivity contribution in [3.05, 3.63) is 29.8 Å². The van der Waals surface area contributed by atoms with Gasteiger partial charge in [0.2, 0.25) is 0 Å². The first kappa shape index (κ1) is 20.2. The highest BCUT2D eigenvalue weighted by molar-refractivity contribution is 14.0. The van der Waals surface area contributed by atoms with Crippen LogP contribution >= 0.6 is 24.0 Å². The van der Waals surface area contributed by atoms with Gasteiger partial charge in [0.25, 0.3) is 0 Å². The van der Waals surface area contributed by atoms with E-state index in [0.717, 1.165) is 57.2 Å². The molecule has 0 radical (unpaired) electrons. The zero-order chi connectivity index (χ0) is 17.0. The standard InChI is InChI=1S/C17H23F2N3O2.HI/c1-20-16(22-7-4-17(11-22)5-8-23-12-17)21-6-9-24-13-2-3-14(18)15(19)10-13;/h2-3,10H,4-9,11-12H2,1H3,(H,20,21);1H. The van der Waals surface area contributed by atoms with E-state index in [1.807, 2.05) is 0 Å².